The number of benzene rings is 1. The first-order valence-corrected chi connectivity index (χ1v) is 9.69. The van der Waals surface area contributed by atoms with Gasteiger partial charge in [0.2, 0.25) is 5.91 Å². The van der Waals surface area contributed by atoms with Crippen molar-refractivity contribution in [1.82, 2.24) is 5.32 Å². The average Bonchev–Trinajstić information content (AvgIpc) is 3.28. The molecule has 5 nitrogen and oxygen atoms in total. The highest BCUT2D eigenvalue weighted by Gasteiger charge is 2.16. The summed E-state index contributed by atoms with van der Waals surface area (Å²) in [5.41, 5.74) is 4.07. The zero-order chi connectivity index (χ0) is 19.0. The SMILES string of the molecule is Cc1coc2cc3oc(=O)c(CC(=O)NCCc4ccsc4)c(C)c3cc12. The number of carbonyl (C=O) groups is 1. The highest BCUT2D eigenvalue weighted by atomic mass is 32.1. The number of rotatable bonds is 5. The van der Waals surface area contributed by atoms with E-state index in [1.54, 1.807) is 23.7 Å². The summed E-state index contributed by atoms with van der Waals surface area (Å²) < 4.78 is 10.9. The van der Waals surface area contributed by atoms with Gasteiger partial charge in [0.05, 0.1) is 18.2 Å². The van der Waals surface area contributed by atoms with Crippen molar-refractivity contribution < 1.29 is 13.6 Å². The number of furan rings is 1. The monoisotopic (exact) mass is 381 g/mol. The molecule has 4 aromatic rings. The van der Waals surface area contributed by atoms with Crippen LogP contribution in [0.3, 0.4) is 0 Å². The van der Waals surface area contributed by atoms with Crippen molar-refractivity contribution in [2.45, 2.75) is 26.7 Å². The van der Waals surface area contributed by atoms with Crippen LogP contribution in [0.15, 0.2) is 48.9 Å². The van der Waals surface area contributed by atoms with Crippen LogP contribution in [0.4, 0.5) is 0 Å². The number of carbonyl (C=O) groups excluding carboxylic acids is 1. The first-order chi connectivity index (χ1) is 13.0. The van der Waals surface area contributed by atoms with Crippen LogP contribution >= 0.6 is 11.3 Å². The van der Waals surface area contributed by atoms with Crippen LogP contribution in [-0.2, 0) is 17.6 Å². The molecule has 0 fully saturated rings. The minimum atomic E-state index is -0.476. The van der Waals surface area contributed by atoms with E-state index in [9.17, 15) is 9.59 Å². The zero-order valence-electron chi connectivity index (χ0n) is 15.1. The molecule has 0 saturated heterocycles. The molecule has 1 aromatic carbocycles. The van der Waals surface area contributed by atoms with Gasteiger partial charge in [0.25, 0.3) is 0 Å². The molecule has 1 amide bonds. The molecule has 0 spiro atoms. The Kier molecular flexibility index (Phi) is 4.58. The lowest BCUT2D eigenvalue weighted by Gasteiger charge is -2.09. The highest BCUT2D eigenvalue weighted by Crippen LogP contribution is 2.28. The third kappa shape index (κ3) is 3.40. The van der Waals surface area contributed by atoms with E-state index in [-0.39, 0.29) is 12.3 Å². The summed E-state index contributed by atoms with van der Waals surface area (Å²) in [6.45, 7) is 4.37. The van der Waals surface area contributed by atoms with Gasteiger partial charge in [0.1, 0.15) is 11.2 Å². The van der Waals surface area contributed by atoms with Crippen molar-refractivity contribution in [3.05, 3.63) is 67.9 Å². The van der Waals surface area contributed by atoms with Crippen molar-refractivity contribution in [3.63, 3.8) is 0 Å². The highest BCUT2D eigenvalue weighted by molar-refractivity contribution is 7.07. The zero-order valence-corrected chi connectivity index (χ0v) is 15.9. The molecule has 6 heteroatoms. The van der Waals surface area contributed by atoms with Gasteiger partial charge in [-0.2, -0.15) is 11.3 Å². The minimum Gasteiger partial charge on any atom is -0.464 e. The van der Waals surface area contributed by atoms with Gasteiger partial charge in [-0.25, -0.2) is 4.79 Å². The Hall–Kier alpha value is -2.86. The molecule has 0 aliphatic carbocycles. The largest absolute Gasteiger partial charge is 0.464 e. The predicted octanol–water partition coefficient (Wildman–Crippen LogP) is 4.12. The minimum absolute atomic E-state index is 0.0101. The molecule has 0 saturated carbocycles. The normalized spacial score (nSPS) is 11.3. The van der Waals surface area contributed by atoms with Crippen LogP contribution in [0, 0.1) is 13.8 Å². The third-order valence-corrected chi connectivity index (χ3v) is 5.56. The van der Waals surface area contributed by atoms with Gasteiger partial charge in [0.15, 0.2) is 0 Å². The van der Waals surface area contributed by atoms with Gasteiger partial charge in [-0.1, -0.05) is 0 Å². The maximum absolute atomic E-state index is 12.4. The van der Waals surface area contributed by atoms with E-state index >= 15 is 0 Å². The van der Waals surface area contributed by atoms with E-state index in [1.165, 1.54) is 5.56 Å². The van der Waals surface area contributed by atoms with Crippen LogP contribution in [0.5, 0.6) is 0 Å². The van der Waals surface area contributed by atoms with Crippen molar-refractivity contribution >= 4 is 39.2 Å². The van der Waals surface area contributed by atoms with Crippen LogP contribution < -0.4 is 10.9 Å². The number of fused-ring (bicyclic) bond motifs is 2. The molecule has 0 aliphatic rings. The van der Waals surface area contributed by atoms with Crippen LogP contribution in [0.1, 0.15) is 22.3 Å². The molecule has 0 aliphatic heterocycles. The summed E-state index contributed by atoms with van der Waals surface area (Å²) in [5.74, 6) is -0.180. The van der Waals surface area contributed by atoms with Gasteiger partial charge in [-0.15, -0.1) is 0 Å². The number of thiophene rings is 1. The number of hydrogen-bond acceptors (Lipinski definition) is 5. The van der Waals surface area contributed by atoms with E-state index in [2.05, 4.69) is 10.7 Å². The summed E-state index contributed by atoms with van der Waals surface area (Å²) in [7, 11) is 0. The molecule has 0 radical (unpaired) electrons. The molecule has 27 heavy (non-hydrogen) atoms. The van der Waals surface area contributed by atoms with Crippen molar-refractivity contribution in [2.24, 2.45) is 0 Å². The predicted molar refractivity (Wildman–Crippen MR) is 106 cm³/mol. The van der Waals surface area contributed by atoms with Gasteiger partial charge in [-0.3, -0.25) is 4.79 Å². The number of hydrogen-bond donors (Lipinski definition) is 1. The Balaban J connectivity index is 1.59. The summed E-state index contributed by atoms with van der Waals surface area (Å²) >= 11 is 1.64. The third-order valence-electron chi connectivity index (χ3n) is 4.83. The van der Waals surface area contributed by atoms with Crippen LogP contribution in [-0.4, -0.2) is 12.5 Å². The van der Waals surface area contributed by atoms with Crippen LogP contribution in [0.2, 0.25) is 0 Å². The Morgan fingerprint density at radius 1 is 1.19 bits per heavy atom. The van der Waals surface area contributed by atoms with Crippen molar-refractivity contribution in [3.8, 4) is 0 Å². The Morgan fingerprint density at radius 2 is 2.04 bits per heavy atom. The molecule has 0 unspecified atom stereocenters. The topological polar surface area (TPSA) is 72.5 Å². The number of nitrogens with one attached hydrogen (secondary N) is 1. The van der Waals surface area contributed by atoms with Gasteiger partial charge in [-0.05, 0) is 59.9 Å². The van der Waals surface area contributed by atoms with E-state index in [4.69, 9.17) is 8.83 Å². The van der Waals surface area contributed by atoms with E-state index < -0.39 is 5.63 Å². The standard InChI is InChI=1S/C21H19NO4S/c1-12-10-25-18-9-19-16(7-15(12)18)13(2)17(21(24)26-19)8-20(23)22-5-3-14-4-6-27-11-14/h4,6-7,9-11H,3,5,8H2,1-2H3,(H,22,23). The molecule has 138 valence electrons. The quantitative estimate of drug-likeness (QED) is 0.528. The second-order valence-corrected chi connectivity index (χ2v) is 7.44. The fraction of sp³-hybridized carbons (Fsp3) is 0.238. The Bertz CT molecular complexity index is 1180. The van der Waals surface area contributed by atoms with Gasteiger partial charge < -0.3 is 14.2 Å². The summed E-state index contributed by atoms with van der Waals surface area (Å²) in [4.78, 5) is 24.7. The van der Waals surface area contributed by atoms with Crippen LogP contribution in [0.25, 0.3) is 21.9 Å². The number of amides is 1. The molecule has 4 rings (SSSR count). The Labute approximate surface area is 159 Å². The maximum atomic E-state index is 12.4. The van der Waals surface area contributed by atoms with E-state index in [0.717, 1.165) is 28.3 Å². The molecule has 3 heterocycles. The Morgan fingerprint density at radius 3 is 2.81 bits per heavy atom. The average molecular weight is 381 g/mol. The molecule has 3 aromatic heterocycles. The summed E-state index contributed by atoms with van der Waals surface area (Å²) in [6, 6.07) is 5.73. The van der Waals surface area contributed by atoms with Gasteiger partial charge >= 0.3 is 5.63 Å². The maximum Gasteiger partial charge on any atom is 0.340 e. The van der Waals surface area contributed by atoms with E-state index in [1.807, 2.05) is 31.4 Å². The summed E-state index contributed by atoms with van der Waals surface area (Å²) in [6.07, 6.45) is 2.47. The lowest BCUT2D eigenvalue weighted by Crippen LogP contribution is -2.29. The van der Waals surface area contributed by atoms with Crippen molar-refractivity contribution in [2.75, 3.05) is 6.54 Å². The first kappa shape index (κ1) is 17.5. The molecule has 1 N–H and O–H groups in total. The van der Waals surface area contributed by atoms with E-state index in [0.29, 0.717) is 23.3 Å². The fourth-order valence-corrected chi connectivity index (χ4v) is 3.95. The smallest absolute Gasteiger partial charge is 0.340 e. The lowest BCUT2D eigenvalue weighted by atomic mass is 10.0. The lowest BCUT2D eigenvalue weighted by molar-refractivity contribution is -0.120. The van der Waals surface area contributed by atoms with Crippen molar-refractivity contribution in [1.29, 1.82) is 0 Å². The second kappa shape index (κ2) is 7.04. The molecular formula is C21H19NO4S. The fourth-order valence-electron chi connectivity index (χ4n) is 3.25. The molecular weight excluding hydrogens is 362 g/mol. The summed E-state index contributed by atoms with van der Waals surface area (Å²) in [5, 5.41) is 8.76. The second-order valence-electron chi connectivity index (χ2n) is 6.66. The molecule has 0 bridgehead atoms. The first-order valence-electron chi connectivity index (χ1n) is 8.75. The number of aryl methyl sites for hydroxylation is 2. The molecule has 0 atom stereocenters. The van der Waals surface area contributed by atoms with Gasteiger partial charge in [0, 0.05) is 23.4 Å².